The van der Waals surface area contributed by atoms with Crippen LogP contribution in [0.15, 0.2) is 29.1 Å². The van der Waals surface area contributed by atoms with E-state index in [2.05, 4.69) is 39.0 Å². The van der Waals surface area contributed by atoms with Gasteiger partial charge in [-0.2, -0.15) is 0 Å². The van der Waals surface area contributed by atoms with Crippen molar-refractivity contribution in [3.8, 4) is 0 Å². The molecule has 3 aliphatic rings. The number of nitrogens with two attached hydrogens (primary N) is 1. The second kappa shape index (κ2) is 8.73. The van der Waals surface area contributed by atoms with Gasteiger partial charge in [0.15, 0.2) is 0 Å². The Morgan fingerprint density at radius 3 is 2.45 bits per heavy atom. The average Bonchev–Trinajstić information content (AvgIpc) is 3.16. The van der Waals surface area contributed by atoms with E-state index < -0.39 is 0 Å². The van der Waals surface area contributed by atoms with Crippen molar-refractivity contribution < 1.29 is 4.74 Å². The molecule has 1 spiro atoms. The van der Waals surface area contributed by atoms with Gasteiger partial charge in [0.05, 0.1) is 18.9 Å². The van der Waals surface area contributed by atoms with E-state index in [1.54, 1.807) is 0 Å². The SMILES string of the molecule is NCCc1ccc(CN2CCC3(CCc4c3nc(N3CCOCC3)[nH]c4=O)CC2)cc1. The third kappa shape index (κ3) is 4.14. The Morgan fingerprint density at radius 1 is 1.03 bits per heavy atom. The molecule has 2 aliphatic heterocycles. The summed E-state index contributed by atoms with van der Waals surface area (Å²) in [5.74, 6) is 0.730. The maximum atomic E-state index is 12.8. The van der Waals surface area contributed by atoms with Crippen LogP contribution < -0.4 is 16.2 Å². The quantitative estimate of drug-likeness (QED) is 0.759. The van der Waals surface area contributed by atoms with Gasteiger partial charge in [0.2, 0.25) is 5.95 Å². The lowest BCUT2D eigenvalue weighted by atomic mass is 9.76. The van der Waals surface area contributed by atoms with Gasteiger partial charge in [0.25, 0.3) is 5.56 Å². The number of aromatic nitrogens is 2. The molecular weight excluding hydrogens is 390 g/mol. The zero-order valence-electron chi connectivity index (χ0n) is 18.2. The number of ether oxygens (including phenoxy) is 1. The molecule has 3 N–H and O–H groups in total. The smallest absolute Gasteiger partial charge is 0.255 e. The van der Waals surface area contributed by atoms with Crippen molar-refractivity contribution in [2.45, 2.75) is 44.1 Å². The number of piperidine rings is 1. The number of morpholine rings is 1. The first-order valence-corrected chi connectivity index (χ1v) is 11.6. The van der Waals surface area contributed by atoms with Crippen molar-refractivity contribution in [3.05, 3.63) is 57.0 Å². The molecular formula is C24H33N5O2. The fraction of sp³-hybridized carbons (Fsp3) is 0.583. The lowest BCUT2D eigenvalue weighted by Gasteiger charge is -2.39. The number of anilines is 1. The van der Waals surface area contributed by atoms with Crippen LogP contribution in [0.5, 0.6) is 0 Å². The summed E-state index contributed by atoms with van der Waals surface area (Å²) < 4.78 is 5.46. The molecule has 0 atom stereocenters. The van der Waals surface area contributed by atoms with Gasteiger partial charge in [0, 0.05) is 30.6 Å². The van der Waals surface area contributed by atoms with E-state index in [0.717, 1.165) is 82.0 Å². The largest absolute Gasteiger partial charge is 0.378 e. The van der Waals surface area contributed by atoms with Gasteiger partial charge in [-0.25, -0.2) is 4.98 Å². The van der Waals surface area contributed by atoms with E-state index in [4.69, 9.17) is 15.5 Å². The Bertz CT molecular complexity index is 957. The number of likely N-dealkylation sites (tertiary alicyclic amines) is 1. The third-order valence-electron chi connectivity index (χ3n) is 7.34. The maximum Gasteiger partial charge on any atom is 0.255 e. The highest BCUT2D eigenvalue weighted by atomic mass is 16.5. The number of fused-ring (bicyclic) bond motifs is 2. The van der Waals surface area contributed by atoms with Crippen LogP contribution in [0.3, 0.4) is 0 Å². The predicted octanol–water partition coefficient (Wildman–Crippen LogP) is 1.59. The minimum atomic E-state index is 0.0587. The first-order valence-electron chi connectivity index (χ1n) is 11.6. The molecule has 7 nitrogen and oxygen atoms in total. The van der Waals surface area contributed by atoms with E-state index in [-0.39, 0.29) is 11.0 Å². The second-order valence-corrected chi connectivity index (χ2v) is 9.23. The number of hydrogen-bond acceptors (Lipinski definition) is 6. The molecule has 5 rings (SSSR count). The van der Waals surface area contributed by atoms with Crippen LogP contribution in [0.4, 0.5) is 5.95 Å². The summed E-state index contributed by atoms with van der Waals surface area (Å²) in [7, 11) is 0. The molecule has 0 amide bonds. The van der Waals surface area contributed by atoms with Crippen LogP contribution in [0.25, 0.3) is 0 Å². The fourth-order valence-corrected chi connectivity index (χ4v) is 5.43. The summed E-state index contributed by atoms with van der Waals surface area (Å²) in [5.41, 5.74) is 10.4. The summed E-state index contributed by atoms with van der Waals surface area (Å²) in [6.45, 7) is 6.71. The minimum absolute atomic E-state index is 0.0587. The number of nitrogens with one attached hydrogen (secondary N) is 1. The molecule has 0 unspecified atom stereocenters. The van der Waals surface area contributed by atoms with Crippen LogP contribution in [-0.4, -0.2) is 60.8 Å². The normalized spacial score (nSPS) is 20.9. The summed E-state index contributed by atoms with van der Waals surface area (Å²) in [5, 5.41) is 0. The van der Waals surface area contributed by atoms with Gasteiger partial charge >= 0.3 is 0 Å². The summed E-state index contributed by atoms with van der Waals surface area (Å²) in [4.78, 5) is 25.6. The second-order valence-electron chi connectivity index (χ2n) is 9.23. The number of H-pyrrole nitrogens is 1. The third-order valence-corrected chi connectivity index (χ3v) is 7.34. The topological polar surface area (TPSA) is 87.5 Å². The molecule has 0 radical (unpaired) electrons. The summed E-state index contributed by atoms with van der Waals surface area (Å²) >= 11 is 0. The zero-order chi connectivity index (χ0) is 21.3. The monoisotopic (exact) mass is 423 g/mol. The van der Waals surface area contributed by atoms with E-state index in [0.29, 0.717) is 19.8 Å². The van der Waals surface area contributed by atoms with E-state index in [1.807, 2.05) is 0 Å². The van der Waals surface area contributed by atoms with Gasteiger partial charge in [-0.05, 0) is 62.9 Å². The molecule has 2 aromatic rings. The molecule has 166 valence electrons. The number of hydrogen-bond donors (Lipinski definition) is 2. The van der Waals surface area contributed by atoms with E-state index in [9.17, 15) is 4.79 Å². The average molecular weight is 424 g/mol. The Balaban J connectivity index is 1.29. The molecule has 3 heterocycles. The van der Waals surface area contributed by atoms with Crippen molar-refractivity contribution in [1.82, 2.24) is 14.9 Å². The van der Waals surface area contributed by atoms with E-state index in [1.165, 1.54) is 11.1 Å². The Hall–Kier alpha value is -2.22. The van der Waals surface area contributed by atoms with Crippen molar-refractivity contribution in [2.75, 3.05) is 50.8 Å². The highest BCUT2D eigenvalue weighted by Crippen LogP contribution is 2.44. The van der Waals surface area contributed by atoms with Gasteiger partial charge < -0.3 is 15.4 Å². The van der Waals surface area contributed by atoms with Gasteiger partial charge in [-0.15, -0.1) is 0 Å². The predicted molar refractivity (Wildman–Crippen MR) is 122 cm³/mol. The number of benzene rings is 1. The first-order chi connectivity index (χ1) is 15.2. The van der Waals surface area contributed by atoms with Crippen molar-refractivity contribution in [2.24, 2.45) is 5.73 Å². The highest BCUT2D eigenvalue weighted by Gasteiger charge is 2.44. The Labute approximate surface area is 183 Å². The van der Waals surface area contributed by atoms with Crippen LogP contribution in [0.2, 0.25) is 0 Å². The van der Waals surface area contributed by atoms with E-state index >= 15 is 0 Å². The molecule has 0 saturated carbocycles. The molecule has 2 saturated heterocycles. The Kier molecular flexibility index (Phi) is 5.82. The van der Waals surface area contributed by atoms with Crippen LogP contribution in [0, 0.1) is 0 Å². The Morgan fingerprint density at radius 2 is 1.74 bits per heavy atom. The molecule has 2 fully saturated rings. The first kappa shape index (κ1) is 20.7. The van der Waals surface area contributed by atoms with Crippen molar-refractivity contribution in [3.63, 3.8) is 0 Å². The van der Waals surface area contributed by atoms with Crippen molar-refractivity contribution in [1.29, 1.82) is 0 Å². The molecule has 7 heteroatoms. The van der Waals surface area contributed by atoms with Gasteiger partial charge in [0.1, 0.15) is 0 Å². The number of rotatable bonds is 5. The zero-order valence-corrected chi connectivity index (χ0v) is 18.2. The molecule has 0 bridgehead atoms. The van der Waals surface area contributed by atoms with Gasteiger partial charge in [-0.1, -0.05) is 24.3 Å². The maximum absolute atomic E-state index is 12.8. The summed E-state index contributed by atoms with van der Waals surface area (Å²) in [6.07, 6.45) is 4.98. The minimum Gasteiger partial charge on any atom is -0.378 e. The van der Waals surface area contributed by atoms with Crippen LogP contribution >= 0.6 is 0 Å². The lowest BCUT2D eigenvalue weighted by molar-refractivity contribution is 0.122. The van der Waals surface area contributed by atoms with Crippen molar-refractivity contribution >= 4 is 5.95 Å². The lowest BCUT2D eigenvalue weighted by Crippen LogP contribution is -2.43. The van der Waals surface area contributed by atoms with Crippen LogP contribution in [0.1, 0.15) is 41.6 Å². The summed E-state index contributed by atoms with van der Waals surface area (Å²) in [6, 6.07) is 8.86. The van der Waals surface area contributed by atoms with Gasteiger partial charge in [-0.3, -0.25) is 14.7 Å². The highest BCUT2D eigenvalue weighted by molar-refractivity contribution is 5.40. The number of nitrogens with zero attached hydrogens (tertiary/aromatic N) is 3. The fourth-order valence-electron chi connectivity index (χ4n) is 5.43. The molecule has 1 aliphatic carbocycles. The molecule has 1 aromatic carbocycles. The number of aromatic amines is 1. The standard InChI is InChI=1S/C24H33N5O2/c25-10-6-18-1-3-19(4-2-18)17-28-11-8-24(9-12-28)7-5-20-21(24)26-23(27-22(20)30)29-13-15-31-16-14-29/h1-4H,5-17,25H2,(H,26,27,30). The van der Waals surface area contributed by atoms with Crippen LogP contribution in [-0.2, 0) is 29.5 Å². The molecule has 31 heavy (non-hydrogen) atoms. The molecule has 1 aromatic heterocycles.